The molecule has 0 saturated carbocycles. The molecule has 0 radical (unpaired) electrons. The SMILES string of the molecule is C=C(NC)Nc1ccc(C)cc1. The van der Waals surface area contributed by atoms with Gasteiger partial charge in [0.15, 0.2) is 0 Å². The molecule has 12 heavy (non-hydrogen) atoms. The molecule has 1 aromatic rings. The minimum absolute atomic E-state index is 0.804. The van der Waals surface area contributed by atoms with Gasteiger partial charge in [-0.15, -0.1) is 0 Å². The van der Waals surface area contributed by atoms with Gasteiger partial charge in [-0.2, -0.15) is 0 Å². The van der Waals surface area contributed by atoms with E-state index in [9.17, 15) is 0 Å². The maximum atomic E-state index is 3.77. The van der Waals surface area contributed by atoms with Gasteiger partial charge in [-0.3, -0.25) is 0 Å². The summed E-state index contributed by atoms with van der Waals surface area (Å²) >= 11 is 0. The van der Waals surface area contributed by atoms with Gasteiger partial charge in [0.1, 0.15) is 0 Å². The molecule has 0 heterocycles. The lowest BCUT2D eigenvalue weighted by Gasteiger charge is -2.08. The lowest BCUT2D eigenvalue weighted by molar-refractivity contribution is 1.00. The van der Waals surface area contributed by atoms with Crippen molar-refractivity contribution in [3.05, 3.63) is 42.2 Å². The molecule has 0 unspecified atom stereocenters. The highest BCUT2D eigenvalue weighted by molar-refractivity contribution is 5.48. The van der Waals surface area contributed by atoms with E-state index in [-0.39, 0.29) is 0 Å². The summed E-state index contributed by atoms with van der Waals surface area (Å²) < 4.78 is 0. The topological polar surface area (TPSA) is 24.1 Å². The van der Waals surface area contributed by atoms with Gasteiger partial charge in [0.05, 0.1) is 5.82 Å². The molecule has 0 aliphatic heterocycles. The first-order valence-electron chi connectivity index (χ1n) is 3.92. The van der Waals surface area contributed by atoms with Crippen molar-refractivity contribution < 1.29 is 0 Å². The highest BCUT2D eigenvalue weighted by atomic mass is 15.1. The van der Waals surface area contributed by atoms with Crippen LogP contribution in [0.5, 0.6) is 0 Å². The zero-order chi connectivity index (χ0) is 8.97. The molecule has 0 amide bonds. The third-order valence-electron chi connectivity index (χ3n) is 1.65. The van der Waals surface area contributed by atoms with Crippen molar-refractivity contribution >= 4 is 5.69 Å². The molecule has 0 saturated heterocycles. The van der Waals surface area contributed by atoms with Crippen LogP contribution in [0.1, 0.15) is 5.56 Å². The fourth-order valence-electron chi connectivity index (χ4n) is 0.874. The fraction of sp³-hybridized carbons (Fsp3) is 0.200. The van der Waals surface area contributed by atoms with Crippen molar-refractivity contribution in [3.63, 3.8) is 0 Å². The molecule has 0 fully saturated rings. The van der Waals surface area contributed by atoms with Crippen LogP contribution in [0, 0.1) is 6.92 Å². The molecule has 0 aliphatic rings. The van der Waals surface area contributed by atoms with Gasteiger partial charge in [-0.1, -0.05) is 24.3 Å². The summed E-state index contributed by atoms with van der Waals surface area (Å²) in [5.74, 6) is 0.804. The Kier molecular flexibility index (Phi) is 2.75. The maximum Gasteiger partial charge on any atom is 0.0954 e. The Morgan fingerprint density at radius 3 is 2.33 bits per heavy atom. The monoisotopic (exact) mass is 162 g/mol. The van der Waals surface area contributed by atoms with Crippen molar-refractivity contribution in [2.45, 2.75) is 6.92 Å². The van der Waals surface area contributed by atoms with E-state index in [0.717, 1.165) is 11.5 Å². The van der Waals surface area contributed by atoms with E-state index < -0.39 is 0 Å². The summed E-state index contributed by atoms with van der Waals surface area (Å²) in [6, 6.07) is 8.17. The Morgan fingerprint density at radius 2 is 1.83 bits per heavy atom. The van der Waals surface area contributed by atoms with Crippen LogP contribution < -0.4 is 10.6 Å². The lowest BCUT2D eigenvalue weighted by atomic mass is 10.2. The Bertz CT molecular complexity index is 262. The van der Waals surface area contributed by atoms with Gasteiger partial charge in [0, 0.05) is 12.7 Å². The van der Waals surface area contributed by atoms with Crippen LogP contribution in [0.3, 0.4) is 0 Å². The third kappa shape index (κ3) is 2.31. The summed E-state index contributed by atoms with van der Waals surface area (Å²) in [7, 11) is 1.84. The van der Waals surface area contributed by atoms with Crippen molar-refractivity contribution in [2.24, 2.45) is 0 Å². The quantitative estimate of drug-likeness (QED) is 0.711. The summed E-state index contributed by atoms with van der Waals surface area (Å²) in [5.41, 5.74) is 2.32. The molecular formula is C10H14N2. The van der Waals surface area contributed by atoms with E-state index in [4.69, 9.17) is 0 Å². The first-order chi connectivity index (χ1) is 5.72. The van der Waals surface area contributed by atoms with E-state index in [2.05, 4.69) is 36.3 Å². The molecular weight excluding hydrogens is 148 g/mol. The van der Waals surface area contributed by atoms with Crippen molar-refractivity contribution in [2.75, 3.05) is 12.4 Å². The van der Waals surface area contributed by atoms with Crippen LogP contribution in [0.25, 0.3) is 0 Å². The Balaban J connectivity index is 2.64. The Hall–Kier alpha value is -1.44. The number of hydrogen-bond acceptors (Lipinski definition) is 2. The molecule has 64 valence electrons. The predicted octanol–water partition coefficient (Wildman–Crippen LogP) is 2.10. The molecule has 0 aliphatic carbocycles. The summed E-state index contributed by atoms with van der Waals surface area (Å²) in [6.45, 7) is 5.83. The summed E-state index contributed by atoms with van der Waals surface area (Å²) in [6.07, 6.45) is 0. The average Bonchev–Trinajstić information content (AvgIpc) is 2.09. The zero-order valence-corrected chi connectivity index (χ0v) is 7.52. The number of hydrogen-bond donors (Lipinski definition) is 2. The van der Waals surface area contributed by atoms with Crippen LogP contribution >= 0.6 is 0 Å². The predicted molar refractivity (Wildman–Crippen MR) is 53.0 cm³/mol. The molecule has 0 aromatic heterocycles. The van der Waals surface area contributed by atoms with E-state index in [1.165, 1.54) is 5.56 Å². The second-order valence-electron chi connectivity index (χ2n) is 2.72. The number of aryl methyl sites for hydroxylation is 1. The highest BCUT2D eigenvalue weighted by Crippen LogP contribution is 2.09. The molecule has 0 atom stereocenters. The molecule has 2 N–H and O–H groups in total. The second-order valence-corrected chi connectivity index (χ2v) is 2.72. The minimum atomic E-state index is 0.804. The molecule has 0 bridgehead atoms. The van der Waals surface area contributed by atoms with Gasteiger partial charge in [0.25, 0.3) is 0 Å². The standard InChI is InChI=1S/C10H14N2/c1-8-4-6-10(7-5-8)12-9(2)11-3/h4-7,11-12H,2H2,1,3H3. The highest BCUT2D eigenvalue weighted by Gasteiger charge is 1.91. The van der Waals surface area contributed by atoms with E-state index in [0.29, 0.717) is 0 Å². The molecule has 1 rings (SSSR count). The lowest BCUT2D eigenvalue weighted by Crippen LogP contribution is -2.12. The molecule has 0 spiro atoms. The largest absolute Gasteiger partial charge is 0.375 e. The van der Waals surface area contributed by atoms with Crippen molar-refractivity contribution in [1.29, 1.82) is 0 Å². The minimum Gasteiger partial charge on any atom is -0.375 e. The summed E-state index contributed by atoms with van der Waals surface area (Å²) in [5, 5.41) is 6.04. The first-order valence-corrected chi connectivity index (χ1v) is 3.92. The maximum absolute atomic E-state index is 3.77. The van der Waals surface area contributed by atoms with E-state index in [1.54, 1.807) is 0 Å². The zero-order valence-electron chi connectivity index (χ0n) is 7.52. The van der Waals surface area contributed by atoms with Gasteiger partial charge in [-0.25, -0.2) is 0 Å². The normalized spacial score (nSPS) is 9.17. The Labute approximate surface area is 73.3 Å². The first kappa shape index (κ1) is 8.65. The average molecular weight is 162 g/mol. The van der Waals surface area contributed by atoms with Gasteiger partial charge < -0.3 is 10.6 Å². The Morgan fingerprint density at radius 1 is 1.25 bits per heavy atom. The third-order valence-corrected chi connectivity index (χ3v) is 1.65. The van der Waals surface area contributed by atoms with Gasteiger partial charge in [-0.05, 0) is 19.1 Å². The second kappa shape index (κ2) is 3.81. The molecule has 1 aromatic carbocycles. The van der Waals surface area contributed by atoms with Crippen LogP contribution in [0.2, 0.25) is 0 Å². The number of nitrogens with one attached hydrogen (secondary N) is 2. The smallest absolute Gasteiger partial charge is 0.0954 e. The fourth-order valence-corrected chi connectivity index (χ4v) is 0.874. The number of anilines is 1. The van der Waals surface area contributed by atoms with Crippen LogP contribution in [0.15, 0.2) is 36.7 Å². The van der Waals surface area contributed by atoms with Crippen LogP contribution in [-0.4, -0.2) is 7.05 Å². The summed E-state index contributed by atoms with van der Waals surface area (Å²) in [4.78, 5) is 0. The van der Waals surface area contributed by atoms with Crippen LogP contribution in [-0.2, 0) is 0 Å². The van der Waals surface area contributed by atoms with Gasteiger partial charge >= 0.3 is 0 Å². The molecule has 2 nitrogen and oxygen atoms in total. The van der Waals surface area contributed by atoms with Gasteiger partial charge in [0.2, 0.25) is 0 Å². The van der Waals surface area contributed by atoms with Crippen molar-refractivity contribution in [3.8, 4) is 0 Å². The number of rotatable bonds is 3. The number of benzene rings is 1. The van der Waals surface area contributed by atoms with E-state index >= 15 is 0 Å². The molecule has 2 heteroatoms. The van der Waals surface area contributed by atoms with Crippen LogP contribution in [0.4, 0.5) is 5.69 Å². The van der Waals surface area contributed by atoms with Crippen molar-refractivity contribution in [1.82, 2.24) is 5.32 Å². The van der Waals surface area contributed by atoms with E-state index in [1.807, 2.05) is 19.2 Å².